The highest BCUT2D eigenvalue weighted by molar-refractivity contribution is 5.99. The minimum absolute atomic E-state index is 0.0139. The smallest absolute Gasteiger partial charge is 0.256 e. The fraction of sp³-hybridized carbons (Fsp3) is 0.440. The van der Waals surface area contributed by atoms with Crippen LogP contribution in [-0.4, -0.2) is 45.5 Å². The van der Waals surface area contributed by atoms with E-state index in [0.29, 0.717) is 29.3 Å². The summed E-state index contributed by atoms with van der Waals surface area (Å²) in [6.45, 7) is 8.34. The number of nitrogens with zero attached hydrogens (tertiary/aromatic N) is 3. The normalized spacial score (nSPS) is 21.6. The van der Waals surface area contributed by atoms with Crippen LogP contribution < -0.4 is 5.32 Å². The maximum Gasteiger partial charge on any atom is 0.256 e. The topological polar surface area (TPSA) is 50.2 Å². The minimum Gasteiger partial charge on any atom is -0.339 e. The number of hydrogen-bond acceptors (Lipinski definition) is 3. The summed E-state index contributed by atoms with van der Waals surface area (Å²) in [6.07, 6.45) is 7.87. The van der Waals surface area contributed by atoms with Crippen LogP contribution >= 0.6 is 0 Å². The van der Waals surface area contributed by atoms with Gasteiger partial charge >= 0.3 is 0 Å². The van der Waals surface area contributed by atoms with Crippen molar-refractivity contribution in [3.05, 3.63) is 59.8 Å². The number of nitrogens with one attached hydrogen (secondary N) is 1. The number of halogens is 1. The SMILES string of the molecule is CC(C)N(C)C(=O)c1cc(F)ccc1-n1cc(C2C[C@@H](C)N[C@@H](C)C2)c2ccncc21. The van der Waals surface area contributed by atoms with Crippen molar-refractivity contribution in [2.75, 3.05) is 7.05 Å². The van der Waals surface area contributed by atoms with Gasteiger partial charge in [0.1, 0.15) is 5.82 Å². The maximum atomic E-state index is 14.2. The number of fused-ring (bicyclic) bond motifs is 1. The fourth-order valence-corrected chi connectivity index (χ4v) is 4.76. The lowest BCUT2D eigenvalue weighted by Crippen LogP contribution is -2.41. The molecule has 0 spiro atoms. The zero-order valence-electron chi connectivity index (χ0n) is 18.9. The van der Waals surface area contributed by atoms with E-state index in [-0.39, 0.29) is 11.9 Å². The molecular weight excluding hydrogens is 391 g/mol. The summed E-state index contributed by atoms with van der Waals surface area (Å²) >= 11 is 0. The van der Waals surface area contributed by atoms with Crippen LogP contribution in [0.5, 0.6) is 0 Å². The molecule has 0 saturated carbocycles. The van der Waals surface area contributed by atoms with E-state index in [2.05, 4.69) is 30.3 Å². The third kappa shape index (κ3) is 4.09. The van der Waals surface area contributed by atoms with E-state index in [1.807, 2.05) is 36.9 Å². The van der Waals surface area contributed by atoms with Crippen LogP contribution in [0.2, 0.25) is 0 Å². The molecule has 6 heteroatoms. The summed E-state index contributed by atoms with van der Waals surface area (Å²) in [4.78, 5) is 19.2. The van der Waals surface area contributed by atoms with E-state index in [1.54, 1.807) is 18.0 Å². The molecule has 1 aliphatic heterocycles. The molecule has 1 saturated heterocycles. The van der Waals surface area contributed by atoms with Gasteiger partial charge in [-0.3, -0.25) is 9.78 Å². The molecule has 1 unspecified atom stereocenters. The van der Waals surface area contributed by atoms with E-state index < -0.39 is 5.82 Å². The quantitative estimate of drug-likeness (QED) is 0.651. The second kappa shape index (κ2) is 8.42. The van der Waals surface area contributed by atoms with Crippen LogP contribution in [0.4, 0.5) is 4.39 Å². The molecular formula is C25H31FN4O. The number of aromatic nitrogens is 2. The van der Waals surface area contributed by atoms with Gasteiger partial charge < -0.3 is 14.8 Å². The van der Waals surface area contributed by atoms with Gasteiger partial charge in [-0.25, -0.2) is 4.39 Å². The molecule has 0 aliphatic carbocycles. The van der Waals surface area contributed by atoms with E-state index in [1.165, 1.54) is 17.7 Å². The first-order valence-corrected chi connectivity index (χ1v) is 11.0. The predicted octanol–water partition coefficient (Wildman–Crippen LogP) is 4.89. The number of pyridine rings is 1. The van der Waals surface area contributed by atoms with Crippen LogP contribution in [0, 0.1) is 5.82 Å². The van der Waals surface area contributed by atoms with Crippen molar-refractivity contribution in [1.29, 1.82) is 0 Å². The van der Waals surface area contributed by atoms with E-state index in [0.717, 1.165) is 23.7 Å². The number of carbonyl (C=O) groups excluding carboxylic acids is 1. The van der Waals surface area contributed by atoms with Crippen LogP contribution in [0.3, 0.4) is 0 Å². The van der Waals surface area contributed by atoms with Gasteiger partial charge in [-0.1, -0.05) is 0 Å². The van der Waals surface area contributed by atoms with Crippen LogP contribution in [-0.2, 0) is 0 Å². The Hall–Kier alpha value is -2.73. The predicted molar refractivity (Wildman–Crippen MR) is 122 cm³/mol. The van der Waals surface area contributed by atoms with Crippen molar-refractivity contribution >= 4 is 16.8 Å². The molecule has 1 N–H and O–H groups in total. The van der Waals surface area contributed by atoms with Crippen molar-refractivity contribution in [1.82, 2.24) is 19.8 Å². The second-order valence-corrected chi connectivity index (χ2v) is 9.16. The molecule has 3 heterocycles. The van der Waals surface area contributed by atoms with Gasteiger partial charge in [-0.2, -0.15) is 0 Å². The second-order valence-electron chi connectivity index (χ2n) is 9.16. The number of piperidine rings is 1. The summed E-state index contributed by atoms with van der Waals surface area (Å²) in [5.74, 6) is -0.198. The molecule has 5 nitrogen and oxygen atoms in total. The Morgan fingerprint density at radius 3 is 2.61 bits per heavy atom. The van der Waals surface area contributed by atoms with Gasteiger partial charge in [-0.05, 0) is 76.3 Å². The van der Waals surface area contributed by atoms with Crippen molar-refractivity contribution in [3.63, 3.8) is 0 Å². The largest absolute Gasteiger partial charge is 0.339 e. The number of hydrogen-bond donors (Lipinski definition) is 1. The highest BCUT2D eigenvalue weighted by Crippen LogP contribution is 2.37. The van der Waals surface area contributed by atoms with Gasteiger partial charge in [0.25, 0.3) is 5.91 Å². The molecule has 1 fully saturated rings. The number of carbonyl (C=O) groups is 1. The van der Waals surface area contributed by atoms with Gasteiger partial charge in [0.05, 0.1) is 23.0 Å². The molecule has 2 aromatic heterocycles. The van der Waals surface area contributed by atoms with Gasteiger partial charge in [0.2, 0.25) is 0 Å². The molecule has 3 aromatic rings. The number of amides is 1. The molecule has 3 atom stereocenters. The average molecular weight is 423 g/mol. The summed E-state index contributed by atoms with van der Waals surface area (Å²) in [5, 5.41) is 4.75. The van der Waals surface area contributed by atoms with Gasteiger partial charge in [0, 0.05) is 43.0 Å². The third-order valence-electron chi connectivity index (χ3n) is 6.47. The number of benzene rings is 1. The van der Waals surface area contributed by atoms with Crippen molar-refractivity contribution < 1.29 is 9.18 Å². The van der Waals surface area contributed by atoms with E-state index in [4.69, 9.17) is 0 Å². The van der Waals surface area contributed by atoms with Crippen molar-refractivity contribution in [3.8, 4) is 5.69 Å². The molecule has 4 rings (SSSR count). The maximum absolute atomic E-state index is 14.2. The summed E-state index contributed by atoms with van der Waals surface area (Å²) in [7, 11) is 1.75. The fourth-order valence-electron chi connectivity index (χ4n) is 4.76. The zero-order chi connectivity index (χ0) is 22.3. The Bertz CT molecular complexity index is 1100. The lowest BCUT2D eigenvalue weighted by molar-refractivity contribution is 0.0754. The Kier molecular flexibility index (Phi) is 5.84. The van der Waals surface area contributed by atoms with Crippen LogP contribution in [0.15, 0.2) is 42.9 Å². The Morgan fingerprint density at radius 2 is 1.94 bits per heavy atom. The first-order chi connectivity index (χ1) is 14.8. The molecule has 0 radical (unpaired) electrons. The van der Waals surface area contributed by atoms with Crippen molar-refractivity contribution in [2.45, 2.75) is 64.6 Å². The molecule has 0 bridgehead atoms. The highest BCUT2D eigenvalue weighted by atomic mass is 19.1. The first kappa shape index (κ1) is 21.5. The lowest BCUT2D eigenvalue weighted by atomic mass is 9.84. The summed E-state index contributed by atoms with van der Waals surface area (Å²) < 4.78 is 16.2. The van der Waals surface area contributed by atoms with Crippen LogP contribution in [0.25, 0.3) is 16.6 Å². The standard InChI is InChI=1S/C25H31FN4O/c1-15(2)29(5)25(31)21-12-19(26)6-7-23(21)30-14-22(20-8-9-27-13-24(20)30)18-10-16(3)28-17(4)11-18/h6-9,12-18,28H,10-11H2,1-5H3/t16-,17+,18?. The average Bonchev–Trinajstić information content (AvgIpc) is 3.11. The Balaban J connectivity index is 1.88. The zero-order valence-corrected chi connectivity index (χ0v) is 18.9. The minimum atomic E-state index is -0.417. The van der Waals surface area contributed by atoms with E-state index in [9.17, 15) is 9.18 Å². The van der Waals surface area contributed by atoms with E-state index >= 15 is 0 Å². The Labute approximate surface area is 183 Å². The molecule has 164 valence electrons. The first-order valence-electron chi connectivity index (χ1n) is 11.0. The van der Waals surface area contributed by atoms with Crippen LogP contribution in [0.1, 0.15) is 62.4 Å². The van der Waals surface area contributed by atoms with Crippen molar-refractivity contribution in [2.24, 2.45) is 0 Å². The summed E-state index contributed by atoms with van der Waals surface area (Å²) in [5.41, 5.74) is 3.23. The summed E-state index contributed by atoms with van der Waals surface area (Å²) in [6, 6.07) is 7.39. The Morgan fingerprint density at radius 1 is 1.23 bits per heavy atom. The highest BCUT2D eigenvalue weighted by Gasteiger charge is 2.28. The molecule has 1 aromatic carbocycles. The lowest BCUT2D eigenvalue weighted by Gasteiger charge is -2.33. The molecule has 1 aliphatic rings. The number of rotatable bonds is 4. The van der Waals surface area contributed by atoms with Gasteiger partial charge in [0.15, 0.2) is 0 Å². The molecule has 1 amide bonds. The third-order valence-corrected chi connectivity index (χ3v) is 6.47. The molecule has 31 heavy (non-hydrogen) atoms. The monoisotopic (exact) mass is 422 g/mol. The van der Waals surface area contributed by atoms with Gasteiger partial charge in [-0.15, -0.1) is 0 Å².